The van der Waals surface area contributed by atoms with E-state index in [1.807, 2.05) is 20.8 Å². The highest BCUT2D eigenvalue weighted by Crippen LogP contribution is 2.25. The zero-order valence-corrected chi connectivity index (χ0v) is 8.60. The molecule has 0 aliphatic heterocycles. The van der Waals surface area contributed by atoms with Crippen LogP contribution < -0.4 is 0 Å². The van der Waals surface area contributed by atoms with Crippen LogP contribution >= 0.6 is 8.19 Å². The van der Waals surface area contributed by atoms with E-state index < -0.39 is 0 Å². The van der Waals surface area contributed by atoms with Gasteiger partial charge < -0.3 is 4.74 Å². The van der Waals surface area contributed by atoms with Crippen LogP contribution in [0.2, 0.25) is 0 Å². The van der Waals surface area contributed by atoms with Crippen LogP contribution in [0.3, 0.4) is 0 Å². The van der Waals surface area contributed by atoms with Gasteiger partial charge in [0, 0.05) is 0 Å². The van der Waals surface area contributed by atoms with Crippen LogP contribution in [0.5, 0.6) is 0 Å². The van der Waals surface area contributed by atoms with Crippen LogP contribution in [-0.4, -0.2) is 12.6 Å². The first-order valence-corrected chi connectivity index (χ1v) is 5.06. The maximum absolute atomic E-state index is 11.3. The Hall–Kier alpha value is -0.750. The van der Waals surface area contributed by atoms with Crippen molar-refractivity contribution in [3.8, 4) is 0 Å². The molecule has 0 spiro atoms. The van der Waals surface area contributed by atoms with Gasteiger partial charge >= 0.3 is 5.97 Å². The van der Waals surface area contributed by atoms with Crippen molar-refractivity contribution in [1.82, 2.24) is 0 Å². The van der Waals surface area contributed by atoms with E-state index in [2.05, 4.69) is 5.80 Å². The summed E-state index contributed by atoms with van der Waals surface area (Å²) >= 11 is 0. The summed E-state index contributed by atoms with van der Waals surface area (Å²) in [5.74, 6) is 1.93. The molecule has 1 rings (SSSR count). The lowest BCUT2D eigenvalue weighted by Crippen LogP contribution is -2.03. The number of carbonyl (C=O) groups excluding carboxylic acids is 1. The highest BCUT2D eigenvalue weighted by Gasteiger charge is 2.11. The molecule has 1 heterocycles. The van der Waals surface area contributed by atoms with Gasteiger partial charge in [0.15, 0.2) is 0 Å². The Morgan fingerprint density at radius 1 is 1.58 bits per heavy atom. The number of esters is 1. The average molecular weight is 184 g/mol. The quantitative estimate of drug-likeness (QED) is 0.660. The molecule has 1 atom stereocenters. The third-order valence-electron chi connectivity index (χ3n) is 1.88. The molecule has 0 radical (unpaired) electrons. The summed E-state index contributed by atoms with van der Waals surface area (Å²) in [4.78, 5) is 11.3. The Bertz CT molecular complexity index is 289. The van der Waals surface area contributed by atoms with E-state index in [1.165, 1.54) is 5.56 Å². The maximum atomic E-state index is 11.3. The first kappa shape index (κ1) is 9.34. The fourth-order valence-electron chi connectivity index (χ4n) is 1.01. The lowest BCUT2D eigenvalue weighted by molar-refractivity contribution is 0.0531. The normalized spacial score (nSPS) is 10.6. The summed E-state index contributed by atoms with van der Waals surface area (Å²) in [6, 6.07) is 0. The SMILES string of the molecule is CCOC(=O)c1[pH]cc(C)c1C. The summed E-state index contributed by atoms with van der Waals surface area (Å²) < 4.78 is 4.92. The molecule has 3 heteroatoms. The first-order valence-electron chi connectivity index (χ1n) is 3.98. The molecule has 0 fully saturated rings. The summed E-state index contributed by atoms with van der Waals surface area (Å²) in [5, 5.41) is 0.842. The summed E-state index contributed by atoms with van der Waals surface area (Å²) in [7, 11) is 0.494. The molecule has 0 saturated carbocycles. The van der Waals surface area contributed by atoms with E-state index in [4.69, 9.17) is 4.74 Å². The summed E-state index contributed by atoms with van der Waals surface area (Å²) in [5.41, 5.74) is 2.29. The fraction of sp³-hybridized carbons (Fsp3) is 0.444. The minimum absolute atomic E-state index is 0.151. The van der Waals surface area contributed by atoms with Crippen molar-refractivity contribution in [2.24, 2.45) is 0 Å². The predicted octanol–water partition coefficient (Wildman–Crippen LogP) is 2.51. The van der Waals surface area contributed by atoms with E-state index >= 15 is 0 Å². The fourth-order valence-corrected chi connectivity index (χ4v) is 2.19. The van der Waals surface area contributed by atoms with Gasteiger partial charge in [0.1, 0.15) is 0 Å². The lowest BCUT2D eigenvalue weighted by Gasteiger charge is -2.00. The topological polar surface area (TPSA) is 26.3 Å². The Morgan fingerprint density at radius 3 is 2.67 bits per heavy atom. The number of hydrogen-bond donors (Lipinski definition) is 0. The van der Waals surface area contributed by atoms with Gasteiger partial charge in [-0.3, -0.25) is 0 Å². The Morgan fingerprint density at radius 2 is 2.25 bits per heavy atom. The molecular formula is C9H13O2P. The molecule has 0 bridgehead atoms. The van der Waals surface area contributed by atoms with Crippen molar-refractivity contribution < 1.29 is 9.53 Å². The highest BCUT2D eigenvalue weighted by atomic mass is 31.0. The first-order chi connectivity index (χ1) is 5.66. The maximum Gasteiger partial charge on any atom is 0.342 e. The smallest absolute Gasteiger partial charge is 0.342 e. The summed E-state index contributed by atoms with van der Waals surface area (Å²) in [6.07, 6.45) is 0. The van der Waals surface area contributed by atoms with Gasteiger partial charge in [-0.05, 0) is 37.7 Å². The molecule has 1 aromatic heterocycles. The van der Waals surface area contributed by atoms with Crippen LogP contribution in [-0.2, 0) is 4.74 Å². The second-order valence-corrected chi connectivity index (χ2v) is 3.77. The molecule has 2 nitrogen and oxygen atoms in total. The number of carbonyl (C=O) groups is 1. The predicted molar refractivity (Wildman–Crippen MR) is 51.4 cm³/mol. The third-order valence-corrected chi connectivity index (χ3v) is 3.32. The Labute approximate surface area is 74.0 Å². The van der Waals surface area contributed by atoms with Crippen LogP contribution in [0.1, 0.15) is 28.1 Å². The molecule has 66 valence electrons. The van der Waals surface area contributed by atoms with Crippen molar-refractivity contribution >= 4 is 14.2 Å². The van der Waals surface area contributed by atoms with Crippen molar-refractivity contribution in [1.29, 1.82) is 0 Å². The minimum atomic E-state index is -0.151. The highest BCUT2D eigenvalue weighted by molar-refractivity contribution is 7.32. The molecule has 1 aromatic rings. The number of rotatable bonds is 2. The monoisotopic (exact) mass is 184 g/mol. The molecular weight excluding hydrogens is 171 g/mol. The summed E-state index contributed by atoms with van der Waals surface area (Å²) in [6.45, 7) is 6.28. The van der Waals surface area contributed by atoms with Gasteiger partial charge in [-0.2, -0.15) is 0 Å². The van der Waals surface area contributed by atoms with E-state index in [1.54, 1.807) is 0 Å². The average Bonchev–Trinajstić information content (AvgIpc) is 2.34. The minimum Gasteiger partial charge on any atom is -0.462 e. The van der Waals surface area contributed by atoms with E-state index in [9.17, 15) is 4.79 Å². The standard InChI is InChI=1S/C9H13O2P/c1-4-11-9(10)8-7(3)6(2)5-12-8/h5,12H,4H2,1-3H3. The van der Waals surface area contributed by atoms with Crippen LogP contribution in [0.4, 0.5) is 0 Å². The third kappa shape index (κ3) is 1.70. The van der Waals surface area contributed by atoms with E-state index in [0.717, 1.165) is 10.9 Å². The van der Waals surface area contributed by atoms with Gasteiger partial charge in [0.25, 0.3) is 0 Å². The Kier molecular flexibility index (Phi) is 2.93. The van der Waals surface area contributed by atoms with Crippen LogP contribution in [0, 0.1) is 13.8 Å². The number of hydrogen-bond acceptors (Lipinski definition) is 2. The van der Waals surface area contributed by atoms with Crippen molar-refractivity contribution in [2.45, 2.75) is 20.8 Å². The second-order valence-electron chi connectivity index (χ2n) is 2.69. The van der Waals surface area contributed by atoms with Gasteiger partial charge in [-0.1, -0.05) is 0 Å². The number of aryl methyl sites for hydroxylation is 1. The molecule has 0 amide bonds. The van der Waals surface area contributed by atoms with Gasteiger partial charge in [-0.25, -0.2) is 4.79 Å². The van der Waals surface area contributed by atoms with E-state index in [0.29, 0.717) is 14.8 Å². The largest absolute Gasteiger partial charge is 0.462 e. The van der Waals surface area contributed by atoms with E-state index in [-0.39, 0.29) is 5.97 Å². The number of ether oxygens (including phenoxy) is 1. The van der Waals surface area contributed by atoms with Crippen molar-refractivity contribution in [3.05, 3.63) is 22.2 Å². The lowest BCUT2D eigenvalue weighted by atomic mass is 10.2. The van der Waals surface area contributed by atoms with Crippen molar-refractivity contribution in [3.63, 3.8) is 0 Å². The molecule has 12 heavy (non-hydrogen) atoms. The van der Waals surface area contributed by atoms with Gasteiger partial charge in [0.05, 0.1) is 11.9 Å². The van der Waals surface area contributed by atoms with Crippen LogP contribution in [0.25, 0.3) is 0 Å². The molecule has 0 aromatic carbocycles. The van der Waals surface area contributed by atoms with Gasteiger partial charge in [0.2, 0.25) is 0 Å². The zero-order valence-electron chi connectivity index (χ0n) is 7.60. The molecule has 0 aliphatic rings. The molecule has 0 aliphatic carbocycles. The molecule has 1 unspecified atom stereocenters. The van der Waals surface area contributed by atoms with Crippen molar-refractivity contribution in [2.75, 3.05) is 6.61 Å². The zero-order chi connectivity index (χ0) is 9.14. The second kappa shape index (κ2) is 3.77. The Balaban J connectivity index is 2.88. The molecule has 0 saturated heterocycles. The molecule has 0 N–H and O–H groups in total. The van der Waals surface area contributed by atoms with Gasteiger partial charge in [-0.15, -0.1) is 8.19 Å². The van der Waals surface area contributed by atoms with Crippen LogP contribution in [0.15, 0.2) is 5.80 Å².